The molecule has 19 heavy (non-hydrogen) atoms. The van der Waals surface area contributed by atoms with E-state index in [1.165, 1.54) is 5.19 Å². The predicted octanol–water partition coefficient (Wildman–Crippen LogP) is 1.86. The Bertz CT molecular complexity index is 655. The molecule has 2 radical (unpaired) electrons. The Kier molecular flexibility index (Phi) is 4.13. The summed E-state index contributed by atoms with van der Waals surface area (Å²) in [4.78, 5) is 0. The minimum atomic E-state index is -0.138. The van der Waals surface area contributed by atoms with Crippen molar-refractivity contribution in [2.24, 2.45) is 5.92 Å². The summed E-state index contributed by atoms with van der Waals surface area (Å²) in [7, 11) is -0.138. The Hall–Kier alpha value is -2.35. The van der Waals surface area contributed by atoms with Crippen LogP contribution in [-0.4, -0.2) is 14.3 Å². The zero-order valence-corrected chi connectivity index (χ0v) is 11.6. The van der Waals surface area contributed by atoms with E-state index < -0.39 is 0 Å². The summed E-state index contributed by atoms with van der Waals surface area (Å²) in [5.74, 6) is 4.87. The highest BCUT2D eigenvalue weighted by Crippen LogP contribution is 2.13. The maximum absolute atomic E-state index is 7.38. The first kappa shape index (κ1) is 13.1. The zero-order valence-electron chi connectivity index (χ0n) is 10.5. The van der Waals surface area contributed by atoms with Crippen LogP contribution in [0, 0.1) is 30.6 Å². The van der Waals surface area contributed by atoms with Crippen LogP contribution in [0.1, 0.15) is 5.56 Å². The molecule has 1 atom stereocenters. The lowest BCUT2D eigenvalue weighted by atomic mass is 9.95. The summed E-state index contributed by atoms with van der Waals surface area (Å²) in [6.07, 6.45) is 22.2. The summed E-state index contributed by atoms with van der Waals surface area (Å²) >= 11 is 0. The van der Waals surface area contributed by atoms with Gasteiger partial charge >= 0.3 is 0 Å². The largest absolute Gasteiger partial charge is 0.0985 e. The highest BCUT2D eigenvalue weighted by atomic mass is 28.2. The van der Waals surface area contributed by atoms with E-state index in [0.29, 0.717) is 0 Å². The van der Waals surface area contributed by atoms with E-state index >= 15 is 0 Å². The van der Waals surface area contributed by atoms with Crippen molar-refractivity contribution in [1.29, 1.82) is 0 Å². The fraction of sp³-hybridized carbons (Fsp3) is 0.0556. The minimum Gasteiger partial charge on any atom is -0.0985 e. The third kappa shape index (κ3) is 2.91. The lowest BCUT2D eigenvalue weighted by Crippen LogP contribution is -2.24. The maximum Gasteiger partial charge on any atom is 0.0616 e. The fourth-order valence-corrected chi connectivity index (χ4v) is 3.39. The first-order valence-electron chi connectivity index (χ1n) is 5.96. The maximum atomic E-state index is 7.38. The molecular weight excluding hydrogens is 244 g/mol. The van der Waals surface area contributed by atoms with Gasteiger partial charge in [0.15, 0.2) is 0 Å². The minimum absolute atomic E-state index is 0.119. The molecule has 1 heteroatoms. The van der Waals surface area contributed by atoms with Gasteiger partial charge in [0.2, 0.25) is 0 Å². The van der Waals surface area contributed by atoms with Crippen LogP contribution in [-0.2, 0) is 0 Å². The van der Waals surface area contributed by atoms with Gasteiger partial charge in [0, 0.05) is 14.7 Å². The average molecular weight is 256 g/mol. The smallest absolute Gasteiger partial charge is 0.0616 e. The molecule has 1 aromatic carbocycles. The van der Waals surface area contributed by atoms with Gasteiger partial charge < -0.3 is 0 Å². The number of rotatable bonds is 2. The standard InChI is InChI=1S/C18H12Si/c1-4-14-10-12-17(13-11-14)19-18-15(5-2)8-7-9-16(18)6-3/h4,7-13,15,19H,1H2. The molecule has 1 aliphatic carbocycles. The van der Waals surface area contributed by atoms with Gasteiger partial charge in [-0.15, -0.1) is 0 Å². The monoisotopic (exact) mass is 256 g/mol. The van der Waals surface area contributed by atoms with Gasteiger partial charge in [0.05, 0.1) is 5.92 Å². The van der Waals surface area contributed by atoms with Crippen molar-refractivity contribution in [3.05, 3.63) is 73.1 Å². The number of hydrogen-bond donors (Lipinski definition) is 0. The number of hydrogen-bond acceptors (Lipinski definition) is 0. The van der Waals surface area contributed by atoms with Gasteiger partial charge in [-0.2, -0.15) is 0 Å². The first-order valence-corrected chi connectivity index (χ1v) is 7.12. The lowest BCUT2D eigenvalue weighted by molar-refractivity contribution is 1.20. The summed E-state index contributed by atoms with van der Waals surface area (Å²) < 4.78 is 0. The summed E-state index contributed by atoms with van der Waals surface area (Å²) in [6, 6.07) is 8.24. The van der Waals surface area contributed by atoms with Crippen LogP contribution >= 0.6 is 0 Å². The second kappa shape index (κ2) is 6.00. The van der Waals surface area contributed by atoms with Crippen LogP contribution in [0.3, 0.4) is 0 Å². The van der Waals surface area contributed by atoms with Gasteiger partial charge in [-0.3, -0.25) is 0 Å². The highest BCUT2D eigenvalue weighted by molar-refractivity contribution is 6.70. The molecule has 0 nitrogen and oxygen atoms in total. The Morgan fingerprint density at radius 1 is 1.21 bits per heavy atom. The van der Waals surface area contributed by atoms with E-state index in [1.807, 2.05) is 36.4 Å². The summed E-state index contributed by atoms with van der Waals surface area (Å²) in [5, 5.41) is 2.32. The Morgan fingerprint density at radius 2 is 1.95 bits per heavy atom. The molecule has 0 fully saturated rings. The second-order valence-corrected chi connectivity index (χ2v) is 5.76. The van der Waals surface area contributed by atoms with Gasteiger partial charge in [-0.1, -0.05) is 60.9 Å². The molecule has 88 valence electrons. The van der Waals surface area contributed by atoms with Crippen LogP contribution in [0.2, 0.25) is 0 Å². The van der Waals surface area contributed by atoms with Crippen LogP contribution in [0.4, 0.5) is 0 Å². The molecule has 2 rings (SSSR count). The molecule has 0 saturated heterocycles. The van der Waals surface area contributed by atoms with Crippen molar-refractivity contribution < 1.29 is 0 Å². The molecule has 1 aliphatic rings. The first-order chi connectivity index (χ1) is 9.28. The third-order valence-corrected chi connectivity index (χ3v) is 4.70. The lowest BCUT2D eigenvalue weighted by Gasteiger charge is -2.15. The van der Waals surface area contributed by atoms with Crippen LogP contribution in [0.15, 0.2) is 54.6 Å². The van der Waals surface area contributed by atoms with E-state index in [2.05, 4.69) is 30.6 Å². The zero-order chi connectivity index (χ0) is 13.7. The molecule has 1 aromatic rings. The van der Waals surface area contributed by atoms with Gasteiger partial charge in [0.1, 0.15) is 0 Å². The van der Waals surface area contributed by atoms with Crippen molar-refractivity contribution in [2.75, 3.05) is 0 Å². The van der Waals surface area contributed by atoms with Crippen LogP contribution in [0.25, 0.3) is 6.08 Å². The Morgan fingerprint density at radius 3 is 2.53 bits per heavy atom. The van der Waals surface area contributed by atoms with E-state index in [4.69, 9.17) is 12.8 Å². The molecule has 0 spiro atoms. The van der Waals surface area contributed by atoms with Crippen molar-refractivity contribution in [2.45, 2.75) is 0 Å². The predicted molar refractivity (Wildman–Crippen MR) is 83.3 cm³/mol. The van der Waals surface area contributed by atoms with E-state index in [1.54, 1.807) is 0 Å². The molecule has 0 saturated carbocycles. The second-order valence-electron chi connectivity index (χ2n) is 4.18. The molecule has 0 aliphatic heterocycles. The Labute approximate surface area is 117 Å². The molecule has 0 bridgehead atoms. The van der Waals surface area contributed by atoms with E-state index in [9.17, 15) is 0 Å². The fourth-order valence-electron chi connectivity index (χ4n) is 1.95. The molecule has 0 N–H and O–H groups in total. The van der Waals surface area contributed by atoms with Crippen molar-refractivity contribution in [3.63, 3.8) is 0 Å². The van der Waals surface area contributed by atoms with Gasteiger partial charge in [-0.05, 0) is 34.8 Å². The SMILES string of the molecule is [C]#CC1=CC=CC(C#[C])C1=[SiH]c1ccc(C=C)cc1. The van der Waals surface area contributed by atoms with Crippen LogP contribution in [0.5, 0.6) is 0 Å². The Balaban J connectivity index is 2.42. The van der Waals surface area contributed by atoms with E-state index in [-0.39, 0.29) is 15.0 Å². The highest BCUT2D eigenvalue weighted by Gasteiger charge is 2.14. The van der Waals surface area contributed by atoms with E-state index in [0.717, 1.165) is 16.3 Å². The van der Waals surface area contributed by atoms with Gasteiger partial charge in [-0.25, -0.2) is 0 Å². The van der Waals surface area contributed by atoms with Crippen molar-refractivity contribution >= 4 is 25.6 Å². The molecule has 0 amide bonds. The third-order valence-electron chi connectivity index (χ3n) is 3.00. The van der Waals surface area contributed by atoms with Crippen LogP contribution < -0.4 is 5.19 Å². The molecular formula is C18H12Si. The van der Waals surface area contributed by atoms with Crippen molar-refractivity contribution in [1.82, 2.24) is 0 Å². The quantitative estimate of drug-likeness (QED) is 0.560. The average Bonchev–Trinajstić information content (AvgIpc) is 2.48. The number of allylic oxidation sites excluding steroid dienone is 4. The summed E-state index contributed by atoms with van der Waals surface area (Å²) in [6.45, 7) is 3.74. The summed E-state index contributed by atoms with van der Waals surface area (Å²) in [5.41, 5.74) is 1.89. The van der Waals surface area contributed by atoms with Gasteiger partial charge in [0.25, 0.3) is 0 Å². The topological polar surface area (TPSA) is 0 Å². The molecule has 0 heterocycles. The number of benzene rings is 1. The molecule has 0 aromatic heterocycles. The molecule has 1 unspecified atom stereocenters. The van der Waals surface area contributed by atoms with Crippen molar-refractivity contribution in [3.8, 4) is 11.8 Å². The normalized spacial score (nSPS) is 19.4.